The molecular formula is C12H11F2N3O3S2. The highest BCUT2D eigenvalue weighted by molar-refractivity contribution is 7.93. The van der Waals surface area contributed by atoms with Gasteiger partial charge in [-0.05, 0) is 25.0 Å². The monoisotopic (exact) mass is 347 g/mol. The number of hydrogen-bond donors (Lipinski definition) is 1. The Morgan fingerprint density at radius 2 is 2.09 bits per heavy atom. The van der Waals surface area contributed by atoms with Gasteiger partial charge in [0.1, 0.15) is 10.8 Å². The minimum atomic E-state index is -3.93. The number of benzene rings is 1. The number of anilines is 1. The zero-order valence-corrected chi connectivity index (χ0v) is 12.7. The van der Waals surface area contributed by atoms with Crippen LogP contribution in [0.1, 0.15) is 23.8 Å². The van der Waals surface area contributed by atoms with E-state index in [0.717, 1.165) is 23.9 Å². The SMILES string of the molecule is O=S(=O)(Nc1nnc(C2CC2)s1)c1cccc(OC(F)F)c1. The minimum Gasteiger partial charge on any atom is -0.435 e. The topological polar surface area (TPSA) is 81.2 Å². The summed E-state index contributed by atoms with van der Waals surface area (Å²) in [4.78, 5) is -0.186. The molecule has 1 aliphatic rings. The molecule has 0 atom stereocenters. The number of hydrogen-bond acceptors (Lipinski definition) is 6. The average Bonchev–Trinajstić information content (AvgIpc) is 3.19. The molecule has 0 radical (unpaired) electrons. The van der Waals surface area contributed by atoms with Gasteiger partial charge in [-0.15, -0.1) is 10.2 Å². The molecule has 1 aliphatic carbocycles. The van der Waals surface area contributed by atoms with Crippen LogP contribution < -0.4 is 9.46 Å². The molecule has 1 aromatic carbocycles. The van der Waals surface area contributed by atoms with Crippen molar-refractivity contribution in [1.82, 2.24) is 10.2 Å². The van der Waals surface area contributed by atoms with Crippen LogP contribution in [0.4, 0.5) is 13.9 Å². The maximum atomic E-state index is 12.2. The summed E-state index contributed by atoms with van der Waals surface area (Å²) in [6.07, 6.45) is 2.07. The second-order valence-electron chi connectivity index (χ2n) is 4.68. The molecule has 0 unspecified atom stereocenters. The van der Waals surface area contributed by atoms with E-state index in [4.69, 9.17) is 0 Å². The third-order valence-corrected chi connectivity index (χ3v) is 5.40. The van der Waals surface area contributed by atoms with Gasteiger partial charge < -0.3 is 4.74 Å². The second kappa shape index (κ2) is 5.76. The smallest absolute Gasteiger partial charge is 0.387 e. The molecule has 1 fully saturated rings. The first-order valence-corrected chi connectivity index (χ1v) is 8.65. The maximum Gasteiger partial charge on any atom is 0.387 e. The minimum absolute atomic E-state index is 0.155. The Hall–Kier alpha value is -1.81. The first kappa shape index (κ1) is 15.1. The standard InChI is InChI=1S/C12H11F2N3O3S2/c13-11(14)20-8-2-1-3-9(6-8)22(18,19)17-12-16-15-10(21-12)7-4-5-7/h1-3,6-7,11H,4-5H2,(H,16,17). The first-order valence-electron chi connectivity index (χ1n) is 6.35. The molecule has 6 nitrogen and oxygen atoms in total. The lowest BCUT2D eigenvalue weighted by atomic mass is 10.3. The molecule has 0 saturated heterocycles. The molecule has 0 aliphatic heterocycles. The lowest BCUT2D eigenvalue weighted by Gasteiger charge is -2.08. The van der Waals surface area contributed by atoms with E-state index < -0.39 is 16.6 Å². The number of rotatable bonds is 6. The molecule has 1 saturated carbocycles. The van der Waals surface area contributed by atoms with Crippen molar-refractivity contribution in [3.8, 4) is 5.75 Å². The fourth-order valence-electron chi connectivity index (χ4n) is 1.76. The number of halogens is 2. The predicted octanol–water partition coefficient (Wildman–Crippen LogP) is 2.82. The second-order valence-corrected chi connectivity index (χ2v) is 7.37. The fraction of sp³-hybridized carbons (Fsp3) is 0.333. The molecule has 1 N–H and O–H groups in total. The fourth-order valence-corrected chi connectivity index (χ4v) is 3.94. The lowest BCUT2D eigenvalue weighted by molar-refractivity contribution is -0.0499. The number of nitrogens with one attached hydrogen (secondary N) is 1. The van der Waals surface area contributed by atoms with E-state index in [1.54, 1.807) is 0 Å². The molecular weight excluding hydrogens is 336 g/mol. The van der Waals surface area contributed by atoms with Crippen LogP contribution in [0.15, 0.2) is 29.2 Å². The summed E-state index contributed by atoms with van der Waals surface area (Å²) in [6, 6.07) is 4.88. The van der Waals surface area contributed by atoms with Gasteiger partial charge in [-0.1, -0.05) is 17.4 Å². The third-order valence-electron chi connectivity index (χ3n) is 2.93. The van der Waals surface area contributed by atoms with Gasteiger partial charge in [0.05, 0.1) is 4.90 Å². The number of ether oxygens (including phenoxy) is 1. The normalized spacial score (nSPS) is 15.0. The van der Waals surface area contributed by atoms with Gasteiger partial charge in [0.25, 0.3) is 10.0 Å². The van der Waals surface area contributed by atoms with Gasteiger partial charge in [0, 0.05) is 12.0 Å². The molecule has 22 heavy (non-hydrogen) atoms. The van der Waals surface area contributed by atoms with Crippen LogP contribution in [0.5, 0.6) is 5.75 Å². The number of sulfonamides is 1. The van der Waals surface area contributed by atoms with E-state index in [0.29, 0.717) is 5.92 Å². The number of alkyl halides is 2. The van der Waals surface area contributed by atoms with Crippen molar-refractivity contribution in [3.63, 3.8) is 0 Å². The van der Waals surface area contributed by atoms with Crippen molar-refractivity contribution >= 4 is 26.5 Å². The van der Waals surface area contributed by atoms with Gasteiger partial charge in [0.15, 0.2) is 0 Å². The average molecular weight is 347 g/mol. The third kappa shape index (κ3) is 3.50. The zero-order chi connectivity index (χ0) is 15.7. The van der Waals surface area contributed by atoms with E-state index in [2.05, 4.69) is 19.7 Å². The van der Waals surface area contributed by atoms with Crippen LogP contribution >= 0.6 is 11.3 Å². The summed E-state index contributed by atoms with van der Waals surface area (Å²) in [5, 5.41) is 8.67. The zero-order valence-electron chi connectivity index (χ0n) is 11.1. The van der Waals surface area contributed by atoms with Crippen LogP contribution in [0.3, 0.4) is 0 Å². The van der Waals surface area contributed by atoms with Crippen LogP contribution in [0, 0.1) is 0 Å². The highest BCUT2D eigenvalue weighted by Crippen LogP contribution is 2.42. The van der Waals surface area contributed by atoms with Gasteiger partial charge in [-0.25, -0.2) is 8.42 Å². The molecule has 2 aromatic rings. The highest BCUT2D eigenvalue weighted by Gasteiger charge is 2.28. The molecule has 1 aromatic heterocycles. The van der Waals surface area contributed by atoms with E-state index in [-0.39, 0.29) is 15.8 Å². The van der Waals surface area contributed by atoms with E-state index in [1.807, 2.05) is 0 Å². The number of nitrogens with zero attached hydrogens (tertiary/aromatic N) is 2. The Morgan fingerprint density at radius 1 is 1.32 bits per heavy atom. The van der Waals surface area contributed by atoms with Gasteiger partial charge in [0.2, 0.25) is 5.13 Å². The van der Waals surface area contributed by atoms with Gasteiger partial charge >= 0.3 is 6.61 Å². The summed E-state index contributed by atoms with van der Waals surface area (Å²) in [5.74, 6) is 0.146. The summed E-state index contributed by atoms with van der Waals surface area (Å²) in [7, 11) is -3.93. The predicted molar refractivity (Wildman–Crippen MR) is 75.8 cm³/mol. The van der Waals surface area contributed by atoms with Crippen molar-refractivity contribution in [3.05, 3.63) is 29.3 Å². The molecule has 0 spiro atoms. The van der Waals surface area contributed by atoms with Crippen molar-refractivity contribution < 1.29 is 21.9 Å². The molecule has 0 amide bonds. The van der Waals surface area contributed by atoms with E-state index in [1.165, 1.54) is 29.5 Å². The molecule has 118 valence electrons. The Bertz CT molecular complexity index is 775. The quantitative estimate of drug-likeness (QED) is 0.869. The highest BCUT2D eigenvalue weighted by atomic mass is 32.2. The molecule has 0 bridgehead atoms. The molecule has 10 heteroatoms. The Morgan fingerprint density at radius 3 is 2.77 bits per heavy atom. The lowest BCUT2D eigenvalue weighted by Crippen LogP contribution is -2.13. The summed E-state index contributed by atoms with van der Waals surface area (Å²) in [5.41, 5.74) is 0. The van der Waals surface area contributed by atoms with Crippen LogP contribution in [0.25, 0.3) is 0 Å². The number of aromatic nitrogens is 2. The van der Waals surface area contributed by atoms with Crippen LogP contribution in [0.2, 0.25) is 0 Å². The largest absolute Gasteiger partial charge is 0.435 e. The molecule has 3 rings (SSSR count). The molecule has 1 heterocycles. The van der Waals surface area contributed by atoms with Crippen LogP contribution in [-0.2, 0) is 10.0 Å². The van der Waals surface area contributed by atoms with Crippen molar-refractivity contribution in [1.29, 1.82) is 0 Å². The maximum absolute atomic E-state index is 12.2. The van der Waals surface area contributed by atoms with Gasteiger partial charge in [-0.2, -0.15) is 8.78 Å². The van der Waals surface area contributed by atoms with Crippen molar-refractivity contribution in [2.24, 2.45) is 0 Å². The Labute approximate surface area is 129 Å². The summed E-state index contributed by atoms with van der Waals surface area (Å²) < 4.78 is 55.3. The van der Waals surface area contributed by atoms with E-state index >= 15 is 0 Å². The first-order chi connectivity index (χ1) is 10.4. The van der Waals surface area contributed by atoms with E-state index in [9.17, 15) is 17.2 Å². The van der Waals surface area contributed by atoms with Crippen LogP contribution in [-0.4, -0.2) is 25.2 Å². The summed E-state index contributed by atoms with van der Waals surface area (Å²) in [6.45, 7) is -3.02. The summed E-state index contributed by atoms with van der Waals surface area (Å²) >= 11 is 1.18. The van der Waals surface area contributed by atoms with Gasteiger partial charge in [-0.3, -0.25) is 4.72 Å². The Kier molecular flexibility index (Phi) is 3.96. The van der Waals surface area contributed by atoms with Crippen molar-refractivity contribution in [2.75, 3.05) is 4.72 Å². The van der Waals surface area contributed by atoms with Crippen molar-refractivity contribution in [2.45, 2.75) is 30.3 Å². The Balaban J connectivity index is 1.79.